The number of furan rings is 1. The van der Waals surface area contributed by atoms with E-state index in [-0.39, 0.29) is 18.1 Å². The van der Waals surface area contributed by atoms with Gasteiger partial charge in [0.05, 0.1) is 17.7 Å². The van der Waals surface area contributed by atoms with Crippen LogP contribution in [0, 0.1) is 24.0 Å². The van der Waals surface area contributed by atoms with Gasteiger partial charge in [-0.25, -0.2) is 5.43 Å². The SMILES string of the molecule is Cc1ccc(C(=O)NCC(=O)N/N=C\c2ccc(-c3ccc([N+](=O)[O-])cc3C)o2)cc1. The fourth-order valence-electron chi connectivity index (χ4n) is 2.78. The van der Waals surface area contributed by atoms with E-state index in [1.54, 1.807) is 37.3 Å². The van der Waals surface area contributed by atoms with E-state index in [4.69, 9.17) is 4.42 Å². The molecule has 0 aliphatic heterocycles. The minimum absolute atomic E-state index is 0.00627. The fourth-order valence-corrected chi connectivity index (χ4v) is 2.78. The molecule has 0 radical (unpaired) electrons. The van der Waals surface area contributed by atoms with Crippen LogP contribution in [0.25, 0.3) is 11.3 Å². The number of nitro benzene ring substituents is 1. The van der Waals surface area contributed by atoms with E-state index in [9.17, 15) is 19.7 Å². The molecule has 0 saturated carbocycles. The second-order valence-corrected chi connectivity index (χ2v) is 6.80. The average Bonchev–Trinajstić information content (AvgIpc) is 3.21. The number of rotatable bonds is 7. The standard InChI is InChI=1S/C22H20N4O5/c1-14-3-5-16(6-4-14)22(28)23-13-21(27)25-24-12-18-8-10-20(31-18)19-9-7-17(26(29)30)11-15(19)2/h3-12H,13H2,1-2H3,(H,23,28)(H,25,27)/b24-12-. The number of nitrogens with zero attached hydrogens (tertiary/aromatic N) is 2. The van der Waals surface area contributed by atoms with Gasteiger partial charge in [0.2, 0.25) is 0 Å². The molecule has 9 heteroatoms. The lowest BCUT2D eigenvalue weighted by Crippen LogP contribution is -2.34. The van der Waals surface area contributed by atoms with Gasteiger partial charge in [-0.05, 0) is 49.7 Å². The molecule has 0 bridgehead atoms. The summed E-state index contributed by atoms with van der Waals surface area (Å²) in [4.78, 5) is 34.3. The van der Waals surface area contributed by atoms with E-state index in [0.29, 0.717) is 28.2 Å². The minimum atomic E-state index is -0.491. The smallest absolute Gasteiger partial charge is 0.269 e. The van der Waals surface area contributed by atoms with Crippen LogP contribution >= 0.6 is 0 Å². The highest BCUT2D eigenvalue weighted by molar-refractivity contribution is 5.96. The molecule has 3 aromatic rings. The van der Waals surface area contributed by atoms with E-state index in [1.807, 2.05) is 19.1 Å². The van der Waals surface area contributed by atoms with Gasteiger partial charge in [-0.1, -0.05) is 17.7 Å². The molecule has 3 rings (SSSR count). The second kappa shape index (κ2) is 9.49. The van der Waals surface area contributed by atoms with Crippen molar-refractivity contribution in [2.45, 2.75) is 13.8 Å². The Bertz CT molecular complexity index is 1150. The molecule has 0 fully saturated rings. The Morgan fingerprint density at radius 2 is 1.84 bits per heavy atom. The van der Waals surface area contributed by atoms with Gasteiger partial charge in [0.25, 0.3) is 17.5 Å². The summed E-state index contributed by atoms with van der Waals surface area (Å²) in [7, 11) is 0. The Balaban J connectivity index is 1.53. The Hall–Kier alpha value is -4.27. The number of benzene rings is 2. The second-order valence-electron chi connectivity index (χ2n) is 6.80. The first-order valence-electron chi connectivity index (χ1n) is 9.35. The number of carbonyl (C=O) groups is 2. The van der Waals surface area contributed by atoms with Crippen molar-refractivity contribution in [1.82, 2.24) is 10.7 Å². The third-order valence-electron chi connectivity index (χ3n) is 4.42. The lowest BCUT2D eigenvalue weighted by atomic mass is 10.1. The summed E-state index contributed by atoms with van der Waals surface area (Å²) in [6, 6.07) is 14.9. The van der Waals surface area contributed by atoms with Crippen LogP contribution in [0.1, 0.15) is 27.2 Å². The first-order chi connectivity index (χ1) is 14.8. The zero-order valence-electron chi connectivity index (χ0n) is 16.9. The van der Waals surface area contributed by atoms with Crippen LogP contribution in [0.3, 0.4) is 0 Å². The molecule has 0 spiro atoms. The summed E-state index contributed by atoms with van der Waals surface area (Å²) in [6.07, 6.45) is 1.32. The van der Waals surface area contributed by atoms with Crippen molar-refractivity contribution in [2.24, 2.45) is 5.10 Å². The van der Waals surface area contributed by atoms with Gasteiger partial charge < -0.3 is 9.73 Å². The van der Waals surface area contributed by atoms with Crippen molar-refractivity contribution in [3.8, 4) is 11.3 Å². The number of aryl methyl sites for hydroxylation is 2. The molecule has 2 aromatic carbocycles. The number of nitrogens with one attached hydrogen (secondary N) is 2. The number of hydrogen-bond donors (Lipinski definition) is 2. The maximum absolute atomic E-state index is 12.0. The molecular weight excluding hydrogens is 400 g/mol. The van der Waals surface area contributed by atoms with Crippen molar-refractivity contribution >= 4 is 23.7 Å². The van der Waals surface area contributed by atoms with Gasteiger partial charge in [-0.3, -0.25) is 19.7 Å². The summed E-state index contributed by atoms with van der Waals surface area (Å²) in [6.45, 7) is 3.45. The Morgan fingerprint density at radius 3 is 2.52 bits per heavy atom. The zero-order valence-corrected chi connectivity index (χ0v) is 16.9. The number of hydrazone groups is 1. The van der Waals surface area contributed by atoms with Crippen LogP contribution in [0.15, 0.2) is 64.1 Å². The largest absolute Gasteiger partial charge is 0.455 e. The quantitative estimate of drug-likeness (QED) is 0.344. The van der Waals surface area contributed by atoms with Gasteiger partial charge in [0.1, 0.15) is 11.5 Å². The lowest BCUT2D eigenvalue weighted by molar-refractivity contribution is -0.384. The lowest BCUT2D eigenvalue weighted by Gasteiger charge is -2.04. The maximum atomic E-state index is 12.0. The van der Waals surface area contributed by atoms with Crippen molar-refractivity contribution in [1.29, 1.82) is 0 Å². The molecule has 9 nitrogen and oxygen atoms in total. The van der Waals surface area contributed by atoms with Crippen LogP contribution in [0.4, 0.5) is 5.69 Å². The van der Waals surface area contributed by atoms with Gasteiger partial charge >= 0.3 is 0 Å². The van der Waals surface area contributed by atoms with E-state index in [1.165, 1.54) is 18.3 Å². The number of carbonyl (C=O) groups excluding carboxylic acids is 2. The first-order valence-corrected chi connectivity index (χ1v) is 9.35. The predicted octanol–water partition coefficient (Wildman–Crippen LogP) is 3.35. The van der Waals surface area contributed by atoms with Crippen LogP contribution in [0.2, 0.25) is 0 Å². The van der Waals surface area contributed by atoms with Crippen LogP contribution in [-0.4, -0.2) is 29.5 Å². The predicted molar refractivity (Wildman–Crippen MR) is 115 cm³/mol. The molecule has 0 atom stereocenters. The number of hydrogen-bond acceptors (Lipinski definition) is 6. The molecule has 0 saturated heterocycles. The molecule has 2 N–H and O–H groups in total. The van der Waals surface area contributed by atoms with E-state index in [0.717, 1.165) is 5.56 Å². The third-order valence-corrected chi connectivity index (χ3v) is 4.42. The Morgan fingerprint density at radius 1 is 1.10 bits per heavy atom. The molecule has 1 heterocycles. The van der Waals surface area contributed by atoms with Gasteiger partial charge in [0.15, 0.2) is 0 Å². The molecule has 0 aliphatic rings. The molecule has 2 amide bonds. The van der Waals surface area contributed by atoms with Crippen molar-refractivity contribution < 1.29 is 18.9 Å². The molecule has 0 aliphatic carbocycles. The van der Waals surface area contributed by atoms with E-state index >= 15 is 0 Å². The Labute approximate surface area is 177 Å². The van der Waals surface area contributed by atoms with Crippen molar-refractivity contribution in [3.63, 3.8) is 0 Å². The molecule has 0 unspecified atom stereocenters. The van der Waals surface area contributed by atoms with Crippen molar-refractivity contribution in [2.75, 3.05) is 6.54 Å². The van der Waals surface area contributed by atoms with Gasteiger partial charge in [0, 0.05) is 23.3 Å². The van der Waals surface area contributed by atoms with E-state index in [2.05, 4.69) is 15.8 Å². The first kappa shape index (κ1) is 21.4. The summed E-state index contributed by atoms with van der Waals surface area (Å²) in [5.74, 6) is 0.0604. The molecule has 31 heavy (non-hydrogen) atoms. The number of amides is 2. The number of nitro groups is 1. The third kappa shape index (κ3) is 5.63. The summed E-state index contributed by atoms with van der Waals surface area (Å²) in [5.41, 5.74) is 5.23. The maximum Gasteiger partial charge on any atom is 0.269 e. The minimum Gasteiger partial charge on any atom is -0.455 e. The van der Waals surface area contributed by atoms with E-state index < -0.39 is 10.8 Å². The number of non-ortho nitro benzene ring substituents is 1. The highest BCUT2D eigenvalue weighted by Gasteiger charge is 2.12. The van der Waals surface area contributed by atoms with Gasteiger partial charge in [-0.2, -0.15) is 5.10 Å². The van der Waals surface area contributed by atoms with Gasteiger partial charge in [-0.15, -0.1) is 0 Å². The highest BCUT2D eigenvalue weighted by Crippen LogP contribution is 2.28. The molecule has 158 valence electrons. The Kier molecular flexibility index (Phi) is 6.56. The fraction of sp³-hybridized carbons (Fsp3) is 0.136. The van der Waals surface area contributed by atoms with Crippen molar-refractivity contribution in [3.05, 3.63) is 87.2 Å². The van der Waals surface area contributed by atoms with Crippen LogP contribution < -0.4 is 10.7 Å². The average molecular weight is 420 g/mol. The topological polar surface area (TPSA) is 127 Å². The normalized spacial score (nSPS) is 10.8. The molecular formula is C22H20N4O5. The van der Waals surface area contributed by atoms with Crippen LogP contribution in [0.5, 0.6) is 0 Å². The highest BCUT2D eigenvalue weighted by atomic mass is 16.6. The molecule has 1 aromatic heterocycles. The summed E-state index contributed by atoms with van der Waals surface area (Å²) in [5, 5.41) is 17.2. The van der Waals surface area contributed by atoms with Crippen LogP contribution in [-0.2, 0) is 4.79 Å². The zero-order chi connectivity index (χ0) is 22.4. The summed E-state index contributed by atoms with van der Waals surface area (Å²) >= 11 is 0. The summed E-state index contributed by atoms with van der Waals surface area (Å²) < 4.78 is 5.66. The monoisotopic (exact) mass is 420 g/mol.